The van der Waals surface area contributed by atoms with Crippen LogP contribution in [0.25, 0.3) is 0 Å². The van der Waals surface area contributed by atoms with Crippen LogP contribution in [-0.4, -0.2) is 88.0 Å². The molecule has 0 saturated carbocycles. The minimum absolute atomic E-state index is 0. The molecule has 0 amide bonds. The quantitative estimate of drug-likeness (QED) is 0.0389. The predicted molar refractivity (Wildman–Crippen MR) is 326 cm³/mol. The number of carbonyl (C=O) groups excluding carboxylic acids is 3. The number of carbonyl (C=O) groups is 3. The largest absolute Gasteiger partial charge is 1.00 e. The van der Waals surface area contributed by atoms with Gasteiger partial charge in [0, 0.05) is 5.88 Å². The smallest absolute Gasteiger partial charge is 0.312 e. The first-order valence-electron chi connectivity index (χ1n) is 28.3. The molecule has 76 heavy (non-hydrogen) atoms. The van der Waals surface area contributed by atoms with E-state index in [1.54, 1.807) is 0 Å². The van der Waals surface area contributed by atoms with Crippen LogP contribution in [0.4, 0.5) is 0 Å². The molecule has 0 spiro atoms. The topological polar surface area (TPSA) is 82.1 Å². The Morgan fingerprint density at radius 3 is 0.934 bits per heavy atom. The highest BCUT2D eigenvalue weighted by atomic mass is 35.5. The number of nitrogens with zero attached hydrogens (tertiary/aromatic N) is 2. The molecule has 8 nitrogen and oxygen atoms in total. The average molecular weight is 1130 g/mol. The van der Waals surface area contributed by atoms with Crippen molar-refractivity contribution in [2.75, 3.05) is 60.7 Å². The third-order valence-electron chi connectivity index (χ3n) is 11.7. The van der Waals surface area contributed by atoms with Crippen LogP contribution in [0.15, 0.2) is 97.1 Å². The van der Waals surface area contributed by atoms with E-state index in [-0.39, 0.29) is 60.5 Å². The lowest BCUT2D eigenvalue weighted by Crippen LogP contribution is -3.00. The Bertz CT molecular complexity index is 1490. The zero-order valence-corrected chi connectivity index (χ0v) is 55.6. The van der Waals surface area contributed by atoms with Crippen LogP contribution in [-0.2, 0) is 28.6 Å². The van der Waals surface area contributed by atoms with E-state index in [1.807, 2.05) is 132 Å². The van der Waals surface area contributed by atoms with Gasteiger partial charge in [-0.1, -0.05) is 241 Å². The molecule has 0 N–H and O–H groups in total. The summed E-state index contributed by atoms with van der Waals surface area (Å²) < 4.78 is 15.9. The Morgan fingerprint density at radius 2 is 0.711 bits per heavy atom. The molecule has 0 aromatic heterocycles. The number of rotatable bonds is 19. The molecule has 5 unspecified atom stereocenters. The molecular formula is C65H120Cl3N2O6-. The molecule has 448 valence electrons. The van der Waals surface area contributed by atoms with Crippen molar-refractivity contribution in [3.05, 3.63) is 108 Å². The predicted octanol–water partition coefficient (Wildman–Crippen LogP) is 12.4. The van der Waals surface area contributed by atoms with Gasteiger partial charge < -0.3 is 39.0 Å². The Hall–Kier alpha value is -3.14. The van der Waals surface area contributed by atoms with E-state index in [4.69, 9.17) is 25.8 Å². The molecule has 0 saturated heterocycles. The summed E-state index contributed by atoms with van der Waals surface area (Å²) in [6.45, 7) is 44.3. The molecule has 0 aliphatic heterocycles. The molecular weight excluding hydrogens is 1010 g/mol. The highest BCUT2D eigenvalue weighted by molar-refractivity contribution is 6.17. The molecule has 0 aliphatic rings. The van der Waals surface area contributed by atoms with E-state index in [0.29, 0.717) is 37.8 Å². The Balaban J connectivity index is -0.000000116. The first kappa shape index (κ1) is 89.4. The molecule has 0 fully saturated rings. The summed E-state index contributed by atoms with van der Waals surface area (Å²) in [5, 5.41) is 0. The fraction of sp³-hybridized carbons (Fsp3) is 0.677. The van der Waals surface area contributed by atoms with Crippen molar-refractivity contribution in [2.45, 2.75) is 195 Å². The maximum atomic E-state index is 11.3. The van der Waals surface area contributed by atoms with Crippen molar-refractivity contribution >= 4 is 29.5 Å². The summed E-state index contributed by atoms with van der Waals surface area (Å²) >= 11 is 5.00. The SMILES string of the molecule is CCC(C)C.CCC(C)C.CCC(C)C(=O)OCC(C)C.CCC(C)C(=O)OCN(C)C.CCC(C)C(=O)OC[N+](C)(C)CC.CCC(C)c1ccccc1.CCC(C)c1ccccc1.CCCl.[Cl-].[Cl-].c1ccccc1. The van der Waals surface area contributed by atoms with Crippen molar-refractivity contribution in [3.63, 3.8) is 0 Å². The minimum Gasteiger partial charge on any atom is -1.00 e. The van der Waals surface area contributed by atoms with Gasteiger partial charge in [0.25, 0.3) is 0 Å². The number of hydrogen-bond donors (Lipinski definition) is 0. The van der Waals surface area contributed by atoms with Crippen LogP contribution in [0.2, 0.25) is 0 Å². The molecule has 3 rings (SSSR count). The lowest BCUT2D eigenvalue weighted by Gasteiger charge is -2.27. The Morgan fingerprint density at radius 1 is 0.447 bits per heavy atom. The molecule has 5 atom stereocenters. The molecule has 3 aromatic carbocycles. The van der Waals surface area contributed by atoms with E-state index < -0.39 is 0 Å². The number of hydrogen-bond acceptors (Lipinski definition) is 7. The first-order chi connectivity index (χ1) is 34.7. The number of esters is 3. The van der Waals surface area contributed by atoms with E-state index >= 15 is 0 Å². The van der Waals surface area contributed by atoms with Gasteiger partial charge in [-0.05, 0) is 93.8 Å². The molecule has 0 heterocycles. The molecule has 3 aromatic rings. The lowest BCUT2D eigenvalue weighted by molar-refractivity contribution is -0.905. The first-order valence-corrected chi connectivity index (χ1v) is 28.9. The molecule has 0 radical (unpaired) electrons. The summed E-state index contributed by atoms with van der Waals surface area (Å²) in [6, 6.07) is 33.3. The van der Waals surface area contributed by atoms with Crippen LogP contribution < -0.4 is 24.8 Å². The number of alkyl halides is 1. The summed E-state index contributed by atoms with van der Waals surface area (Å²) in [4.78, 5) is 35.2. The average Bonchev–Trinajstić information content (AvgIpc) is 3.42. The van der Waals surface area contributed by atoms with Crippen molar-refractivity contribution in [2.24, 2.45) is 35.5 Å². The van der Waals surface area contributed by atoms with E-state index in [0.717, 1.165) is 48.0 Å². The maximum absolute atomic E-state index is 11.3. The van der Waals surface area contributed by atoms with Crippen molar-refractivity contribution in [3.8, 4) is 0 Å². The summed E-state index contributed by atoms with van der Waals surface area (Å²) in [7, 11) is 7.82. The van der Waals surface area contributed by atoms with E-state index in [1.165, 1.54) is 36.8 Å². The number of ether oxygens (including phenoxy) is 3. The third kappa shape index (κ3) is 67.0. The third-order valence-corrected chi connectivity index (χ3v) is 11.7. The van der Waals surface area contributed by atoms with Gasteiger partial charge in [-0.3, -0.25) is 23.8 Å². The highest BCUT2D eigenvalue weighted by Crippen LogP contribution is 2.18. The van der Waals surface area contributed by atoms with Crippen LogP contribution >= 0.6 is 11.6 Å². The number of halogens is 3. The zero-order chi connectivity index (χ0) is 58.5. The van der Waals surface area contributed by atoms with Gasteiger partial charge in [0.2, 0.25) is 6.73 Å². The fourth-order valence-electron chi connectivity index (χ4n) is 4.12. The van der Waals surface area contributed by atoms with Crippen LogP contribution in [0.5, 0.6) is 0 Å². The van der Waals surface area contributed by atoms with Gasteiger partial charge in [-0.2, -0.15) is 0 Å². The molecule has 0 bridgehead atoms. The van der Waals surface area contributed by atoms with Crippen molar-refractivity contribution < 1.29 is 57.9 Å². The van der Waals surface area contributed by atoms with Gasteiger partial charge in [0.15, 0.2) is 0 Å². The van der Waals surface area contributed by atoms with Gasteiger partial charge in [0.1, 0.15) is 6.73 Å². The van der Waals surface area contributed by atoms with Crippen LogP contribution in [0.1, 0.15) is 206 Å². The maximum Gasteiger partial charge on any atom is 0.312 e. The number of benzene rings is 3. The summed E-state index contributed by atoms with van der Waals surface area (Å²) in [5.74, 6) is 4.18. The monoisotopic (exact) mass is 1130 g/mol. The second-order valence-electron chi connectivity index (χ2n) is 20.9. The summed E-state index contributed by atoms with van der Waals surface area (Å²) in [5.41, 5.74) is 2.90. The second-order valence-corrected chi connectivity index (χ2v) is 21.5. The number of quaternary nitrogens is 1. The fourth-order valence-corrected chi connectivity index (χ4v) is 4.12. The minimum atomic E-state index is -0.110. The van der Waals surface area contributed by atoms with Gasteiger partial charge >= 0.3 is 17.9 Å². The molecule has 11 heteroatoms. The Kier molecular flexibility index (Phi) is 73.8. The van der Waals surface area contributed by atoms with Gasteiger partial charge in [-0.25, -0.2) is 0 Å². The summed E-state index contributed by atoms with van der Waals surface area (Å²) in [6.07, 6.45) is 7.61. The van der Waals surface area contributed by atoms with Crippen molar-refractivity contribution in [1.82, 2.24) is 4.90 Å². The molecule has 0 aliphatic carbocycles. The standard InChI is InChI=1S/C10H22NO2.2C10H14.C9H18O2.C8H17NO2.C6H6.2C5H12.C2H5Cl.2ClH/c1-6-9(3)10(12)13-8-11(4,5)7-2;2*1-3-9(2)10-7-5-4-6-8-10;1-5-8(4)9(10)11-6-7(2)3;1-5-7(2)8(10)11-6-9(3)4;1-2-4-6-5-3-1;2*1-4-5(2)3;1-2-3;;/h9H,6-8H2,1-5H3;2*4-9H,3H2,1-2H3;7-8H,5-6H2,1-4H3;7H,5-6H2,1-4H3;1-6H;2*5H,4H2,1-3H3;2H2,1H3;2*1H/q+1;;;;;;;;;;/p-2. The normalized spacial score (nSPS) is 11.8. The lowest BCUT2D eigenvalue weighted by atomic mass is 9.99. The highest BCUT2D eigenvalue weighted by Gasteiger charge is 2.18. The van der Waals surface area contributed by atoms with Crippen LogP contribution in [0.3, 0.4) is 0 Å². The van der Waals surface area contributed by atoms with E-state index in [2.05, 4.69) is 137 Å². The Labute approximate surface area is 489 Å². The van der Waals surface area contributed by atoms with Gasteiger partial charge in [0.05, 0.1) is 45.0 Å². The second kappa shape index (κ2) is 62.7. The van der Waals surface area contributed by atoms with Crippen LogP contribution in [0, 0.1) is 35.5 Å². The zero-order valence-electron chi connectivity index (χ0n) is 53.3. The van der Waals surface area contributed by atoms with E-state index in [9.17, 15) is 14.4 Å². The van der Waals surface area contributed by atoms with Crippen molar-refractivity contribution in [1.29, 1.82) is 0 Å². The van der Waals surface area contributed by atoms with Gasteiger partial charge in [-0.15, -0.1) is 11.6 Å².